The summed E-state index contributed by atoms with van der Waals surface area (Å²) in [7, 11) is 0. The predicted octanol–water partition coefficient (Wildman–Crippen LogP) is 3.61. The normalized spacial score (nSPS) is 16.3. The number of halogens is 3. The highest BCUT2D eigenvalue weighted by molar-refractivity contribution is 8.01. The first-order valence-electron chi connectivity index (χ1n) is 8.25. The molecule has 1 aromatic rings. The molecule has 2 rings (SSSR count). The molecule has 1 fully saturated rings. The Morgan fingerprint density at radius 1 is 1.16 bits per heavy atom. The number of benzene rings is 1. The molecule has 0 radical (unpaired) electrons. The predicted molar refractivity (Wildman–Crippen MR) is 91.9 cm³/mol. The minimum absolute atomic E-state index is 0.281. The average molecular weight is 374 g/mol. The van der Waals surface area contributed by atoms with Crippen LogP contribution in [0.4, 0.5) is 18.9 Å². The Bertz CT molecular complexity index is 637. The molecule has 4 nitrogen and oxygen atoms in total. The fourth-order valence-electron chi connectivity index (χ4n) is 2.68. The minimum Gasteiger partial charge on any atom is -0.346 e. The van der Waals surface area contributed by atoms with E-state index in [-0.39, 0.29) is 17.7 Å². The van der Waals surface area contributed by atoms with Gasteiger partial charge in [0.2, 0.25) is 11.8 Å². The summed E-state index contributed by atoms with van der Waals surface area (Å²) in [4.78, 5) is 23.8. The summed E-state index contributed by atoms with van der Waals surface area (Å²) in [6, 6.07) is 1.64. The molecule has 25 heavy (non-hydrogen) atoms. The second-order valence-corrected chi connectivity index (χ2v) is 7.67. The molecule has 0 bridgehead atoms. The van der Waals surface area contributed by atoms with E-state index in [0.717, 1.165) is 25.0 Å². The first-order valence-corrected chi connectivity index (χ1v) is 9.19. The van der Waals surface area contributed by atoms with Gasteiger partial charge in [0.15, 0.2) is 17.5 Å². The number of amides is 2. The molecule has 0 heterocycles. The lowest BCUT2D eigenvalue weighted by Crippen LogP contribution is -2.38. The number of anilines is 1. The van der Waals surface area contributed by atoms with Crippen molar-refractivity contribution >= 4 is 29.3 Å². The highest BCUT2D eigenvalue weighted by Gasteiger charge is 2.22. The number of carbonyl (C=O) groups excluding carboxylic acids is 2. The molecule has 0 aromatic heterocycles. The lowest BCUT2D eigenvalue weighted by molar-refractivity contribution is -0.123. The van der Waals surface area contributed by atoms with E-state index in [2.05, 4.69) is 10.6 Å². The zero-order valence-corrected chi connectivity index (χ0v) is 14.7. The zero-order chi connectivity index (χ0) is 18.4. The van der Waals surface area contributed by atoms with Crippen molar-refractivity contribution in [3.63, 3.8) is 0 Å². The molecule has 1 unspecified atom stereocenters. The van der Waals surface area contributed by atoms with Gasteiger partial charge in [0.05, 0.1) is 17.5 Å². The molecular weight excluding hydrogens is 353 g/mol. The lowest BCUT2D eigenvalue weighted by atomic mass is 10.0. The van der Waals surface area contributed by atoms with E-state index in [1.807, 2.05) is 0 Å². The standard InChI is InChI=1S/C17H21F3N2O2S/c1-10(25-11-5-3-2-4-6-11)17(24)21-9-14(23)22-13-8-7-12(18)15(19)16(13)20/h7-8,10-11H,2-6,9H2,1H3,(H,21,24)(H,22,23). The summed E-state index contributed by atoms with van der Waals surface area (Å²) < 4.78 is 39.4. The molecule has 2 N–H and O–H groups in total. The third kappa shape index (κ3) is 5.66. The lowest BCUT2D eigenvalue weighted by Gasteiger charge is -2.23. The molecular formula is C17H21F3N2O2S. The first kappa shape index (κ1) is 19.6. The van der Waals surface area contributed by atoms with E-state index in [9.17, 15) is 22.8 Å². The van der Waals surface area contributed by atoms with E-state index in [0.29, 0.717) is 5.25 Å². The number of hydrogen-bond donors (Lipinski definition) is 2. The van der Waals surface area contributed by atoms with Gasteiger partial charge in [0.25, 0.3) is 0 Å². The zero-order valence-electron chi connectivity index (χ0n) is 13.9. The smallest absolute Gasteiger partial charge is 0.243 e. The monoisotopic (exact) mass is 374 g/mol. The van der Waals surface area contributed by atoms with Crippen molar-refractivity contribution in [1.82, 2.24) is 5.32 Å². The van der Waals surface area contributed by atoms with Gasteiger partial charge in [-0.25, -0.2) is 13.2 Å². The summed E-state index contributed by atoms with van der Waals surface area (Å²) >= 11 is 1.60. The molecule has 1 aromatic carbocycles. The largest absolute Gasteiger partial charge is 0.346 e. The van der Waals surface area contributed by atoms with Gasteiger partial charge in [-0.15, -0.1) is 11.8 Å². The number of rotatable bonds is 6. The number of thioether (sulfide) groups is 1. The van der Waals surface area contributed by atoms with Crippen LogP contribution in [0.25, 0.3) is 0 Å². The van der Waals surface area contributed by atoms with E-state index >= 15 is 0 Å². The average Bonchev–Trinajstić information content (AvgIpc) is 2.61. The maximum atomic E-state index is 13.5. The molecule has 0 spiro atoms. The summed E-state index contributed by atoms with van der Waals surface area (Å²) in [6.45, 7) is 1.41. The van der Waals surface area contributed by atoms with Crippen molar-refractivity contribution in [2.75, 3.05) is 11.9 Å². The van der Waals surface area contributed by atoms with Crippen LogP contribution in [0.15, 0.2) is 12.1 Å². The Labute approximate surface area is 148 Å². The van der Waals surface area contributed by atoms with Gasteiger partial charge in [-0.3, -0.25) is 9.59 Å². The molecule has 2 amide bonds. The van der Waals surface area contributed by atoms with Crippen molar-refractivity contribution in [1.29, 1.82) is 0 Å². The van der Waals surface area contributed by atoms with Gasteiger partial charge in [-0.1, -0.05) is 19.3 Å². The molecule has 0 saturated heterocycles. The fourth-order valence-corrected chi connectivity index (χ4v) is 4.07. The van der Waals surface area contributed by atoms with Crippen LogP contribution in [0, 0.1) is 17.5 Å². The molecule has 1 saturated carbocycles. The van der Waals surface area contributed by atoms with Crippen LogP contribution in [0.1, 0.15) is 39.0 Å². The summed E-state index contributed by atoms with van der Waals surface area (Å²) in [5.41, 5.74) is -0.470. The van der Waals surface area contributed by atoms with Crippen molar-refractivity contribution in [3.05, 3.63) is 29.6 Å². The van der Waals surface area contributed by atoms with Gasteiger partial charge in [0.1, 0.15) is 0 Å². The summed E-state index contributed by atoms with van der Waals surface area (Å²) in [5.74, 6) is -5.46. The van der Waals surface area contributed by atoms with Crippen LogP contribution in [-0.4, -0.2) is 28.9 Å². The van der Waals surface area contributed by atoms with Gasteiger partial charge >= 0.3 is 0 Å². The van der Waals surface area contributed by atoms with Gasteiger partial charge in [-0.05, 0) is 31.9 Å². The van der Waals surface area contributed by atoms with Crippen LogP contribution in [0.2, 0.25) is 0 Å². The van der Waals surface area contributed by atoms with E-state index in [1.54, 1.807) is 18.7 Å². The van der Waals surface area contributed by atoms with Gasteiger partial charge in [-0.2, -0.15) is 0 Å². The summed E-state index contributed by atoms with van der Waals surface area (Å²) in [5, 5.41) is 4.75. The number of hydrogen-bond acceptors (Lipinski definition) is 3. The second-order valence-electron chi connectivity index (χ2n) is 6.03. The maximum absolute atomic E-state index is 13.5. The highest BCUT2D eigenvalue weighted by Crippen LogP contribution is 2.31. The van der Waals surface area contributed by atoms with Crippen LogP contribution >= 0.6 is 11.8 Å². The molecule has 0 aliphatic heterocycles. The molecule has 1 aliphatic carbocycles. The van der Waals surface area contributed by atoms with Crippen LogP contribution in [0.5, 0.6) is 0 Å². The molecule has 1 atom stereocenters. The Morgan fingerprint density at radius 2 is 1.84 bits per heavy atom. The SMILES string of the molecule is CC(SC1CCCCC1)C(=O)NCC(=O)Nc1ccc(F)c(F)c1F. The van der Waals surface area contributed by atoms with Crippen LogP contribution in [-0.2, 0) is 9.59 Å². The minimum atomic E-state index is -1.65. The van der Waals surface area contributed by atoms with Gasteiger partial charge in [0, 0.05) is 5.25 Å². The second kappa shape index (κ2) is 9.12. The first-order chi connectivity index (χ1) is 11.9. The van der Waals surface area contributed by atoms with Crippen molar-refractivity contribution in [2.24, 2.45) is 0 Å². The maximum Gasteiger partial charge on any atom is 0.243 e. The third-order valence-electron chi connectivity index (χ3n) is 4.05. The molecule has 1 aliphatic rings. The Balaban J connectivity index is 1.79. The van der Waals surface area contributed by atoms with Crippen LogP contribution < -0.4 is 10.6 Å². The topological polar surface area (TPSA) is 58.2 Å². The quantitative estimate of drug-likeness (QED) is 0.748. The number of nitrogens with one attached hydrogen (secondary N) is 2. The summed E-state index contributed by atoms with van der Waals surface area (Å²) in [6.07, 6.45) is 5.77. The van der Waals surface area contributed by atoms with Crippen molar-refractivity contribution < 1.29 is 22.8 Å². The van der Waals surface area contributed by atoms with E-state index in [4.69, 9.17) is 0 Å². The van der Waals surface area contributed by atoms with Gasteiger partial charge < -0.3 is 10.6 Å². The fraction of sp³-hybridized carbons (Fsp3) is 0.529. The van der Waals surface area contributed by atoms with E-state index < -0.39 is 29.0 Å². The molecule has 8 heteroatoms. The van der Waals surface area contributed by atoms with Crippen molar-refractivity contribution in [2.45, 2.75) is 49.5 Å². The third-order valence-corrected chi connectivity index (χ3v) is 5.53. The highest BCUT2D eigenvalue weighted by atomic mass is 32.2. The van der Waals surface area contributed by atoms with Crippen molar-refractivity contribution in [3.8, 4) is 0 Å². The number of carbonyl (C=O) groups is 2. The molecule has 138 valence electrons. The Kier molecular flexibility index (Phi) is 7.16. The van der Waals surface area contributed by atoms with E-state index in [1.165, 1.54) is 19.3 Å². The van der Waals surface area contributed by atoms with Crippen LogP contribution in [0.3, 0.4) is 0 Å². The Morgan fingerprint density at radius 3 is 2.52 bits per heavy atom. The Hall–Kier alpha value is -1.70.